The van der Waals surface area contributed by atoms with Crippen LogP contribution in [0.4, 0.5) is 0 Å². The second-order valence-corrected chi connectivity index (χ2v) is 8.16. The van der Waals surface area contributed by atoms with Crippen LogP contribution in [-0.2, 0) is 6.42 Å². The molecule has 0 saturated carbocycles. The molecule has 3 aromatic rings. The van der Waals surface area contributed by atoms with Gasteiger partial charge in [0.15, 0.2) is 0 Å². The van der Waals surface area contributed by atoms with Crippen LogP contribution in [0.2, 0.25) is 5.02 Å². The zero-order valence-corrected chi connectivity index (χ0v) is 14.7. The molecule has 0 N–H and O–H groups in total. The lowest BCUT2D eigenvalue weighted by atomic mass is 10.2. The predicted molar refractivity (Wildman–Crippen MR) is 87.3 cm³/mol. The summed E-state index contributed by atoms with van der Waals surface area (Å²) in [5.74, 6) is 1.00. The van der Waals surface area contributed by atoms with Gasteiger partial charge in [0.25, 0.3) is 0 Å². The fraction of sp³-hybridized carbons (Fsp3) is 0.0769. The van der Waals surface area contributed by atoms with E-state index in [1.54, 1.807) is 17.4 Å². The van der Waals surface area contributed by atoms with Gasteiger partial charge in [-0.3, -0.25) is 0 Å². The Balaban J connectivity index is 1.88. The second kappa shape index (κ2) is 5.97. The Morgan fingerprint density at radius 3 is 2.70 bits per heavy atom. The Hall–Kier alpha value is -0.690. The summed E-state index contributed by atoms with van der Waals surface area (Å²) in [5.41, 5.74) is 1.86. The van der Waals surface area contributed by atoms with Crippen molar-refractivity contribution in [1.82, 2.24) is 10.2 Å². The molecule has 3 rings (SSSR count). The van der Waals surface area contributed by atoms with E-state index in [1.165, 1.54) is 0 Å². The molecule has 0 amide bonds. The van der Waals surface area contributed by atoms with Crippen molar-refractivity contribution in [3.63, 3.8) is 0 Å². The molecule has 0 radical (unpaired) electrons. The van der Waals surface area contributed by atoms with Crippen molar-refractivity contribution in [2.45, 2.75) is 6.42 Å². The van der Waals surface area contributed by atoms with E-state index in [0.29, 0.717) is 23.2 Å². The largest absolute Gasteiger partial charge is 0.420 e. The maximum absolute atomic E-state index is 6.12. The molecule has 0 atom stereocenters. The molecule has 0 saturated heterocycles. The summed E-state index contributed by atoms with van der Waals surface area (Å²) in [6.45, 7) is 0. The summed E-state index contributed by atoms with van der Waals surface area (Å²) in [5, 5.41) is 8.73. The third-order valence-electron chi connectivity index (χ3n) is 2.64. The van der Waals surface area contributed by atoms with Crippen molar-refractivity contribution in [3.8, 4) is 11.5 Å². The molecule has 2 heterocycles. The van der Waals surface area contributed by atoms with Crippen LogP contribution in [0.15, 0.2) is 42.3 Å². The van der Waals surface area contributed by atoms with Gasteiger partial charge in [0.1, 0.15) is 0 Å². The fourth-order valence-electron chi connectivity index (χ4n) is 1.73. The highest BCUT2D eigenvalue weighted by molar-refractivity contribution is 9.12. The SMILES string of the molecule is Clc1ccccc1-c1nnc(Cc2cc(Br)sc2Br)o1. The van der Waals surface area contributed by atoms with Crippen LogP contribution in [0.5, 0.6) is 0 Å². The van der Waals surface area contributed by atoms with E-state index in [2.05, 4.69) is 42.1 Å². The summed E-state index contributed by atoms with van der Waals surface area (Å²) >= 11 is 14.7. The third-order valence-corrected chi connectivity index (χ3v) is 5.43. The van der Waals surface area contributed by atoms with Crippen LogP contribution in [0.25, 0.3) is 11.5 Å². The molecular formula is C13H7Br2ClN2OS. The minimum atomic E-state index is 0.441. The van der Waals surface area contributed by atoms with E-state index in [0.717, 1.165) is 18.7 Å². The summed E-state index contributed by atoms with van der Waals surface area (Å²) < 4.78 is 7.80. The minimum absolute atomic E-state index is 0.441. The van der Waals surface area contributed by atoms with E-state index in [-0.39, 0.29) is 0 Å². The highest BCUT2D eigenvalue weighted by atomic mass is 79.9. The van der Waals surface area contributed by atoms with Crippen LogP contribution in [0, 0.1) is 0 Å². The molecule has 7 heteroatoms. The van der Waals surface area contributed by atoms with E-state index in [1.807, 2.05) is 24.3 Å². The zero-order chi connectivity index (χ0) is 14.1. The van der Waals surface area contributed by atoms with Gasteiger partial charge >= 0.3 is 0 Å². The van der Waals surface area contributed by atoms with Crippen LogP contribution in [0.1, 0.15) is 11.5 Å². The molecule has 0 unspecified atom stereocenters. The third kappa shape index (κ3) is 2.98. The normalized spacial score (nSPS) is 10.9. The molecule has 102 valence electrons. The van der Waals surface area contributed by atoms with Crippen molar-refractivity contribution >= 4 is 54.8 Å². The first-order chi connectivity index (χ1) is 9.63. The van der Waals surface area contributed by atoms with Crippen LogP contribution in [0.3, 0.4) is 0 Å². The first-order valence-electron chi connectivity index (χ1n) is 5.64. The first-order valence-corrected chi connectivity index (χ1v) is 8.42. The Bertz CT molecular complexity index is 756. The molecule has 0 aliphatic carbocycles. The Kier molecular flexibility index (Phi) is 4.26. The molecule has 20 heavy (non-hydrogen) atoms. The number of hydrogen-bond donors (Lipinski definition) is 0. The van der Waals surface area contributed by atoms with Crippen molar-refractivity contribution in [2.24, 2.45) is 0 Å². The topological polar surface area (TPSA) is 38.9 Å². The zero-order valence-electron chi connectivity index (χ0n) is 9.94. The lowest BCUT2D eigenvalue weighted by molar-refractivity contribution is 0.518. The number of aromatic nitrogens is 2. The smallest absolute Gasteiger partial charge is 0.249 e. The van der Waals surface area contributed by atoms with E-state index in [4.69, 9.17) is 16.0 Å². The predicted octanol–water partition coefficient (Wildman–Crippen LogP) is 5.57. The highest BCUT2D eigenvalue weighted by Gasteiger charge is 2.14. The number of halogens is 3. The summed E-state index contributed by atoms with van der Waals surface area (Å²) in [7, 11) is 0. The molecule has 0 spiro atoms. The van der Waals surface area contributed by atoms with E-state index >= 15 is 0 Å². The number of benzene rings is 1. The monoisotopic (exact) mass is 432 g/mol. The number of hydrogen-bond acceptors (Lipinski definition) is 4. The average Bonchev–Trinajstić information content (AvgIpc) is 2.98. The molecule has 0 bridgehead atoms. The fourth-order valence-corrected chi connectivity index (χ4v) is 4.77. The first kappa shape index (κ1) is 14.3. The van der Waals surface area contributed by atoms with E-state index < -0.39 is 0 Å². The van der Waals surface area contributed by atoms with Gasteiger partial charge in [-0.25, -0.2) is 0 Å². The highest BCUT2D eigenvalue weighted by Crippen LogP contribution is 2.33. The van der Waals surface area contributed by atoms with Gasteiger partial charge in [0.05, 0.1) is 24.6 Å². The van der Waals surface area contributed by atoms with Crippen molar-refractivity contribution in [1.29, 1.82) is 0 Å². The van der Waals surface area contributed by atoms with Crippen LogP contribution in [-0.4, -0.2) is 10.2 Å². The average molecular weight is 435 g/mol. The summed E-state index contributed by atoms with van der Waals surface area (Å²) in [4.78, 5) is 0. The number of thiophene rings is 1. The molecule has 0 fully saturated rings. The maximum Gasteiger partial charge on any atom is 0.249 e. The summed E-state index contributed by atoms with van der Waals surface area (Å²) in [6, 6.07) is 9.44. The molecule has 2 aromatic heterocycles. The molecule has 0 aliphatic rings. The van der Waals surface area contributed by atoms with Gasteiger partial charge in [-0.15, -0.1) is 21.5 Å². The molecule has 3 nitrogen and oxygen atoms in total. The Morgan fingerprint density at radius 2 is 2.00 bits per heavy atom. The lowest BCUT2D eigenvalue weighted by Crippen LogP contribution is -1.86. The van der Waals surface area contributed by atoms with Gasteiger partial charge < -0.3 is 4.42 Å². The molecular weight excluding hydrogens is 427 g/mol. The second-order valence-electron chi connectivity index (χ2n) is 4.01. The molecule has 0 aliphatic heterocycles. The minimum Gasteiger partial charge on any atom is -0.420 e. The lowest BCUT2D eigenvalue weighted by Gasteiger charge is -1.97. The van der Waals surface area contributed by atoms with Gasteiger partial charge in [0.2, 0.25) is 11.8 Å². The van der Waals surface area contributed by atoms with Gasteiger partial charge in [-0.1, -0.05) is 23.7 Å². The van der Waals surface area contributed by atoms with Crippen molar-refractivity contribution in [2.75, 3.05) is 0 Å². The van der Waals surface area contributed by atoms with Crippen LogP contribution >= 0.6 is 54.8 Å². The van der Waals surface area contributed by atoms with Gasteiger partial charge in [-0.05, 0) is 55.6 Å². The quantitative estimate of drug-likeness (QED) is 0.541. The standard InChI is InChI=1S/C13H7Br2ClN2OS/c14-10-5-7(12(15)20-10)6-11-17-18-13(19-11)8-3-1-2-4-9(8)16/h1-5H,6H2. The maximum atomic E-state index is 6.12. The Morgan fingerprint density at radius 1 is 1.20 bits per heavy atom. The number of nitrogens with zero attached hydrogens (tertiary/aromatic N) is 2. The Labute approximate surface area is 141 Å². The van der Waals surface area contributed by atoms with Gasteiger partial charge in [-0.2, -0.15) is 0 Å². The number of rotatable bonds is 3. The summed E-state index contributed by atoms with van der Waals surface area (Å²) in [6.07, 6.45) is 0.583. The van der Waals surface area contributed by atoms with Crippen molar-refractivity contribution in [3.05, 3.63) is 54.4 Å². The van der Waals surface area contributed by atoms with Crippen molar-refractivity contribution < 1.29 is 4.42 Å². The van der Waals surface area contributed by atoms with Crippen LogP contribution < -0.4 is 0 Å². The van der Waals surface area contributed by atoms with Gasteiger partial charge in [0, 0.05) is 0 Å². The van der Waals surface area contributed by atoms with E-state index in [9.17, 15) is 0 Å². The molecule has 1 aromatic carbocycles.